The lowest BCUT2D eigenvalue weighted by Gasteiger charge is -2.45. The minimum Gasteiger partial charge on any atom is -0.303 e. The van der Waals surface area contributed by atoms with Crippen molar-refractivity contribution in [3.63, 3.8) is 0 Å². The Morgan fingerprint density at radius 1 is 1.29 bits per heavy atom. The molecule has 0 aromatic heterocycles. The molecule has 14 heavy (non-hydrogen) atoms. The summed E-state index contributed by atoms with van der Waals surface area (Å²) in [5.41, 5.74) is 0. The van der Waals surface area contributed by atoms with E-state index in [0.29, 0.717) is 0 Å². The summed E-state index contributed by atoms with van der Waals surface area (Å²) in [5.74, 6) is 1.69. The lowest BCUT2D eigenvalue weighted by atomic mass is 9.84. The number of halogens is 1. The van der Waals surface area contributed by atoms with Crippen molar-refractivity contribution in [2.45, 2.75) is 25.3 Å². The summed E-state index contributed by atoms with van der Waals surface area (Å²) >= 11 is 5.79. The molecule has 2 rings (SSSR count). The molecule has 2 aliphatic rings. The molecule has 2 heterocycles. The fourth-order valence-electron chi connectivity index (χ4n) is 3.05. The summed E-state index contributed by atoms with van der Waals surface area (Å²) in [4.78, 5) is 5.10. The first kappa shape index (κ1) is 10.7. The molecule has 0 aromatic carbocycles. The number of likely N-dealkylation sites (tertiary alicyclic amines) is 2. The van der Waals surface area contributed by atoms with Crippen LogP contribution in [0.3, 0.4) is 0 Å². The minimum absolute atomic E-state index is 0.785. The summed E-state index contributed by atoms with van der Waals surface area (Å²) in [7, 11) is 2.29. The van der Waals surface area contributed by atoms with Crippen LogP contribution in [0.25, 0.3) is 0 Å². The zero-order valence-electron chi connectivity index (χ0n) is 9.08. The van der Waals surface area contributed by atoms with Crippen molar-refractivity contribution in [1.29, 1.82) is 0 Å². The quantitative estimate of drug-likeness (QED) is 0.648. The largest absolute Gasteiger partial charge is 0.303 e. The van der Waals surface area contributed by atoms with E-state index in [1.54, 1.807) is 0 Å². The molecule has 0 saturated carbocycles. The minimum atomic E-state index is 0.785. The van der Waals surface area contributed by atoms with Gasteiger partial charge >= 0.3 is 0 Å². The number of nitrogens with zero attached hydrogens (tertiary/aromatic N) is 2. The Kier molecular flexibility index (Phi) is 3.69. The number of hydrogen-bond donors (Lipinski definition) is 0. The average Bonchev–Trinajstić information content (AvgIpc) is 2.18. The van der Waals surface area contributed by atoms with Crippen molar-refractivity contribution in [3.8, 4) is 0 Å². The molecular weight excluding hydrogens is 196 g/mol. The van der Waals surface area contributed by atoms with Crippen molar-refractivity contribution in [2.75, 3.05) is 39.1 Å². The van der Waals surface area contributed by atoms with Crippen LogP contribution < -0.4 is 0 Å². The van der Waals surface area contributed by atoms with Crippen molar-refractivity contribution in [1.82, 2.24) is 9.80 Å². The molecule has 0 aromatic rings. The molecule has 0 radical (unpaired) electrons. The molecule has 2 aliphatic heterocycles. The molecule has 2 atom stereocenters. The van der Waals surface area contributed by atoms with Crippen LogP contribution in [0.1, 0.15) is 19.3 Å². The van der Waals surface area contributed by atoms with Gasteiger partial charge in [-0.2, -0.15) is 0 Å². The van der Waals surface area contributed by atoms with E-state index in [0.717, 1.165) is 24.4 Å². The summed E-state index contributed by atoms with van der Waals surface area (Å²) in [6, 6.07) is 0.857. The van der Waals surface area contributed by atoms with Crippen LogP contribution in [0.4, 0.5) is 0 Å². The van der Waals surface area contributed by atoms with Crippen LogP contribution in [0, 0.1) is 5.92 Å². The van der Waals surface area contributed by atoms with Gasteiger partial charge in [0.1, 0.15) is 0 Å². The normalized spacial score (nSPS) is 35.6. The number of alkyl halides is 1. The second kappa shape index (κ2) is 4.82. The van der Waals surface area contributed by atoms with E-state index in [-0.39, 0.29) is 0 Å². The van der Waals surface area contributed by atoms with Gasteiger partial charge in [-0.05, 0) is 45.3 Å². The monoisotopic (exact) mass is 216 g/mol. The Balaban J connectivity index is 1.89. The predicted molar refractivity (Wildman–Crippen MR) is 60.9 cm³/mol. The SMILES string of the molecule is CN1CCCC2CN(CCCl)CCC21. The van der Waals surface area contributed by atoms with Crippen LogP contribution in [-0.2, 0) is 0 Å². The second-order valence-electron chi connectivity index (χ2n) is 4.73. The van der Waals surface area contributed by atoms with E-state index < -0.39 is 0 Å². The Labute approximate surface area is 92.2 Å². The van der Waals surface area contributed by atoms with Crippen LogP contribution in [0.5, 0.6) is 0 Å². The predicted octanol–water partition coefficient (Wildman–Crippen LogP) is 1.64. The van der Waals surface area contributed by atoms with Gasteiger partial charge < -0.3 is 9.80 Å². The molecule has 0 N–H and O–H groups in total. The third-order valence-corrected chi connectivity index (χ3v) is 4.00. The van der Waals surface area contributed by atoms with Gasteiger partial charge in [0.2, 0.25) is 0 Å². The molecule has 3 heteroatoms. The Bertz CT molecular complexity index is 186. The third kappa shape index (κ3) is 2.23. The van der Waals surface area contributed by atoms with Gasteiger partial charge in [-0.3, -0.25) is 0 Å². The van der Waals surface area contributed by atoms with Gasteiger partial charge in [-0.15, -0.1) is 11.6 Å². The van der Waals surface area contributed by atoms with Crippen LogP contribution in [0.15, 0.2) is 0 Å². The average molecular weight is 217 g/mol. The summed E-state index contributed by atoms with van der Waals surface area (Å²) in [6.07, 6.45) is 4.15. The zero-order chi connectivity index (χ0) is 9.97. The number of fused-ring (bicyclic) bond motifs is 1. The van der Waals surface area contributed by atoms with Crippen molar-refractivity contribution in [3.05, 3.63) is 0 Å². The molecule has 0 amide bonds. The highest BCUT2D eigenvalue weighted by Gasteiger charge is 2.33. The van der Waals surface area contributed by atoms with Crippen LogP contribution >= 0.6 is 11.6 Å². The Morgan fingerprint density at radius 3 is 2.93 bits per heavy atom. The summed E-state index contributed by atoms with van der Waals surface area (Å²) in [5, 5.41) is 0. The topological polar surface area (TPSA) is 6.48 Å². The summed E-state index contributed by atoms with van der Waals surface area (Å²) in [6.45, 7) is 4.91. The number of hydrogen-bond acceptors (Lipinski definition) is 2. The Morgan fingerprint density at radius 2 is 2.14 bits per heavy atom. The van der Waals surface area contributed by atoms with E-state index in [1.165, 1.54) is 38.9 Å². The van der Waals surface area contributed by atoms with Crippen molar-refractivity contribution >= 4 is 11.6 Å². The van der Waals surface area contributed by atoms with Gasteiger partial charge in [0.05, 0.1) is 0 Å². The van der Waals surface area contributed by atoms with E-state index in [4.69, 9.17) is 11.6 Å². The molecule has 0 bridgehead atoms. The smallest absolute Gasteiger partial charge is 0.0351 e. The standard InChI is InChI=1S/C11H21ClN2/c1-13-6-2-3-10-9-14(8-5-12)7-4-11(10)13/h10-11H,2-9H2,1H3. The van der Waals surface area contributed by atoms with E-state index in [9.17, 15) is 0 Å². The first-order valence-electron chi connectivity index (χ1n) is 5.80. The molecule has 2 nitrogen and oxygen atoms in total. The summed E-state index contributed by atoms with van der Waals surface area (Å²) < 4.78 is 0. The van der Waals surface area contributed by atoms with Gasteiger partial charge in [0.15, 0.2) is 0 Å². The van der Waals surface area contributed by atoms with Crippen molar-refractivity contribution in [2.24, 2.45) is 5.92 Å². The molecular formula is C11H21ClN2. The van der Waals surface area contributed by atoms with Crippen molar-refractivity contribution < 1.29 is 0 Å². The van der Waals surface area contributed by atoms with Gasteiger partial charge in [0, 0.05) is 25.0 Å². The zero-order valence-corrected chi connectivity index (χ0v) is 9.84. The molecule has 2 saturated heterocycles. The number of piperidine rings is 2. The highest BCUT2D eigenvalue weighted by atomic mass is 35.5. The van der Waals surface area contributed by atoms with E-state index >= 15 is 0 Å². The molecule has 82 valence electrons. The molecule has 2 fully saturated rings. The molecule has 2 unspecified atom stereocenters. The van der Waals surface area contributed by atoms with Crippen LogP contribution in [-0.4, -0.2) is 54.9 Å². The van der Waals surface area contributed by atoms with Gasteiger partial charge in [0.25, 0.3) is 0 Å². The molecule has 0 spiro atoms. The second-order valence-corrected chi connectivity index (χ2v) is 5.11. The van der Waals surface area contributed by atoms with Gasteiger partial charge in [-0.1, -0.05) is 0 Å². The van der Waals surface area contributed by atoms with E-state index in [2.05, 4.69) is 16.8 Å². The fraction of sp³-hybridized carbons (Fsp3) is 1.00. The third-order valence-electron chi connectivity index (χ3n) is 3.83. The van der Waals surface area contributed by atoms with E-state index in [1.807, 2.05) is 0 Å². The Hall–Kier alpha value is 0.210. The molecule has 0 aliphatic carbocycles. The maximum atomic E-state index is 5.79. The number of rotatable bonds is 2. The highest BCUT2D eigenvalue weighted by Crippen LogP contribution is 2.29. The first-order valence-corrected chi connectivity index (χ1v) is 6.33. The lowest BCUT2D eigenvalue weighted by Crippen LogP contribution is -2.52. The highest BCUT2D eigenvalue weighted by molar-refractivity contribution is 6.18. The van der Waals surface area contributed by atoms with Gasteiger partial charge in [-0.25, -0.2) is 0 Å². The lowest BCUT2D eigenvalue weighted by molar-refractivity contribution is 0.0412. The fourth-order valence-corrected chi connectivity index (χ4v) is 3.29. The van der Waals surface area contributed by atoms with Crippen LogP contribution in [0.2, 0.25) is 0 Å². The maximum absolute atomic E-state index is 5.79. The maximum Gasteiger partial charge on any atom is 0.0351 e. The first-order chi connectivity index (χ1) is 6.81.